The van der Waals surface area contributed by atoms with Gasteiger partial charge in [-0.25, -0.2) is 14.4 Å². The van der Waals surface area contributed by atoms with E-state index >= 15 is 0 Å². The molecule has 5 nitrogen and oxygen atoms in total. The molecule has 0 aliphatic heterocycles. The highest BCUT2D eigenvalue weighted by Crippen LogP contribution is 2.35. The zero-order chi connectivity index (χ0) is 17.1. The summed E-state index contributed by atoms with van der Waals surface area (Å²) in [7, 11) is 1.54. The Balaban J connectivity index is 2.08. The minimum atomic E-state index is -0.485. The Kier molecular flexibility index (Phi) is 4.48. The number of rotatable bonds is 5. The Labute approximate surface area is 142 Å². The second kappa shape index (κ2) is 6.72. The van der Waals surface area contributed by atoms with Gasteiger partial charge in [-0.05, 0) is 24.3 Å². The quantitative estimate of drug-likeness (QED) is 0.679. The number of fused-ring (bicyclic) bond motifs is 1. The van der Waals surface area contributed by atoms with Gasteiger partial charge in [0.05, 0.1) is 23.9 Å². The summed E-state index contributed by atoms with van der Waals surface area (Å²) in [6.45, 7) is 3.54. The molecule has 0 aliphatic rings. The highest BCUT2D eigenvalue weighted by molar-refractivity contribution is 6.31. The van der Waals surface area contributed by atoms with Crippen LogP contribution in [0.15, 0.2) is 49.5 Å². The number of halogens is 2. The number of nitrogens with one attached hydrogen (secondary N) is 1. The third kappa shape index (κ3) is 3.09. The molecule has 1 N–H and O–H groups in total. The number of hydrogen-bond acceptors (Lipinski definition) is 5. The first-order valence-electron chi connectivity index (χ1n) is 6.94. The lowest BCUT2D eigenvalue weighted by atomic mass is 10.2. The molecule has 0 spiro atoms. The summed E-state index contributed by atoms with van der Waals surface area (Å²) < 4.78 is 23.9. The van der Waals surface area contributed by atoms with Crippen molar-refractivity contribution in [2.24, 2.45) is 0 Å². The highest BCUT2D eigenvalue weighted by atomic mass is 35.5. The molecule has 0 saturated heterocycles. The Morgan fingerprint density at radius 1 is 1.21 bits per heavy atom. The van der Waals surface area contributed by atoms with E-state index in [-0.39, 0.29) is 5.02 Å². The molecule has 1 aromatic heterocycles. The van der Waals surface area contributed by atoms with Gasteiger partial charge in [0.1, 0.15) is 18.0 Å². The molecule has 0 atom stereocenters. The summed E-state index contributed by atoms with van der Waals surface area (Å²) in [6, 6.07) is 7.81. The molecule has 7 heteroatoms. The smallest absolute Gasteiger partial charge is 0.169 e. The molecule has 0 saturated carbocycles. The number of aromatic nitrogens is 2. The van der Waals surface area contributed by atoms with Crippen molar-refractivity contribution in [3.05, 3.63) is 60.3 Å². The van der Waals surface area contributed by atoms with Crippen molar-refractivity contribution < 1.29 is 13.9 Å². The lowest BCUT2D eigenvalue weighted by Gasteiger charge is -2.12. The van der Waals surface area contributed by atoms with E-state index in [1.54, 1.807) is 18.2 Å². The van der Waals surface area contributed by atoms with E-state index in [1.165, 1.54) is 31.8 Å². The van der Waals surface area contributed by atoms with Crippen molar-refractivity contribution in [3.63, 3.8) is 0 Å². The second-order valence-corrected chi connectivity index (χ2v) is 5.19. The summed E-state index contributed by atoms with van der Waals surface area (Å²) in [4.78, 5) is 8.46. The lowest BCUT2D eigenvalue weighted by molar-refractivity contribution is 0.379. The normalized spacial score (nSPS) is 10.5. The zero-order valence-electron chi connectivity index (χ0n) is 12.7. The van der Waals surface area contributed by atoms with E-state index in [1.807, 2.05) is 0 Å². The van der Waals surface area contributed by atoms with Crippen molar-refractivity contribution in [1.82, 2.24) is 9.97 Å². The maximum atomic E-state index is 13.3. The molecule has 3 aromatic rings. The average molecular weight is 346 g/mol. The Bertz CT molecular complexity index is 918. The number of hydrogen-bond donors (Lipinski definition) is 1. The molecule has 0 bridgehead atoms. The fourth-order valence-corrected chi connectivity index (χ4v) is 2.40. The van der Waals surface area contributed by atoms with E-state index in [0.717, 1.165) is 0 Å². The van der Waals surface area contributed by atoms with Gasteiger partial charge in [0, 0.05) is 17.1 Å². The van der Waals surface area contributed by atoms with Gasteiger partial charge in [-0.3, -0.25) is 0 Å². The standard InChI is InChI=1S/C17H13ClFN3O2/c1-3-24-16-7-11-14(8-15(16)23-2)20-9-21-17(11)22-10-4-5-13(19)12(18)6-10/h3-9H,1H2,2H3,(H,20,21,22). The van der Waals surface area contributed by atoms with Crippen molar-refractivity contribution in [1.29, 1.82) is 0 Å². The largest absolute Gasteiger partial charge is 0.493 e. The van der Waals surface area contributed by atoms with E-state index in [0.29, 0.717) is 33.9 Å². The van der Waals surface area contributed by atoms with Gasteiger partial charge >= 0.3 is 0 Å². The van der Waals surface area contributed by atoms with Gasteiger partial charge in [0.2, 0.25) is 0 Å². The minimum Gasteiger partial charge on any atom is -0.493 e. The van der Waals surface area contributed by atoms with Crippen LogP contribution in [0.1, 0.15) is 0 Å². The Hall–Kier alpha value is -2.86. The van der Waals surface area contributed by atoms with Gasteiger partial charge in [0.25, 0.3) is 0 Å². The number of ether oxygens (including phenoxy) is 2. The monoisotopic (exact) mass is 345 g/mol. The summed E-state index contributed by atoms with van der Waals surface area (Å²) in [6.07, 6.45) is 2.73. The fourth-order valence-electron chi connectivity index (χ4n) is 2.22. The molecule has 0 unspecified atom stereocenters. The number of methoxy groups -OCH3 is 1. The first kappa shape index (κ1) is 16.0. The first-order valence-corrected chi connectivity index (χ1v) is 7.32. The molecular weight excluding hydrogens is 333 g/mol. The SMILES string of the molecule is C=COc1cc2c(Nc3ccc(F)c(Cl)c3)ncnc2cc1OC. The molecule has 0 fully saturated rings. The fraction of sp³-hybridized carbons (Fsp3) is 0.0588. The predicted molar refractivity (Wildman–Crippen MR) is 91.6 cm³/mol. The summed E-state index contributed by atoms with van der Waals surface area (Å²) in [5.74, 6) is 1.05. The van der Waals surface area contributed by atoms with E-state index in [2.05, 4.69) is 21.9 Å². The van der Waals surface area contributed by atoms with Gasteiger partial charge in [-0.15, -0.1) is 0 Å². The van der Waals surface area contributed by atoms with Gasteiger partial charge < -0.3 is 14.8 Å². The first-order chi connectivity index (χ1) is 11.6. The second-order valence-electron chi connectivity index (χ2n) is 4.78. The minimum absolute atomic E-state index is 0.0238. The summed E-state index contributed by atoms with van der Waals surface area (Å²) in [5, 5.41) is 3.83. The third-order valence-corrected chi connectivity index (χ3v) is 3.60. The highest BCUT2D eigenvalue weighted by Gasteiger charge is 2.12. The van der Waals surface area contributed by atoms with E-state index < -0.39 is 5.82 Å². The Morgan fingerprint density at radius 3 is 2.75 bits per heavy atom. The topological polar surface area (TPSA) is 56.3 Å². The van der Waals surface area contributed by atoms with Crippen LogP contribution >= 0.6 is 11.6 Å². The van der Waals surface area contributed by atoms with Crippen molar-refractivity contribution in [2.45, 2.75) is 0 Å². The molecule has 122 valence electrons. The van der Waals surface area contributed by atoms with Crippen LogP contribution in [0.5, 0.6) is 11.5 Å². The number of nitrogens with zero attached hydrogens (tertiary/aromatic N) is 2. The molecule has 24 heavy (non-hydrogen) atoms. The average Bonchev–Trinajstić information content (AvgIpc) is 2.58. The lowest BCUT2D eigenvalue weighted by Crippen LogP contribution is -1.98. The van der Waals surface area contributed by atoms with Crippen LogP contribution in [0.3, 0.4) is 0 Å². The van der Waals surface area contributed by atoms with Crippen LogP contribution in [0.4, 0.5) is 15.9 Å². The number of benzene rings is 2. The van der Waals surface area contributed by atoms with Crippen LogP contribution in [0, 0.1) is 5.82 Å². The Morgan fingerprint density at radius 2 is 2.04 bits per heavy atom. The predicted octanol–water partition coefficient (Wildman–Crippen LogP) is 4.70. The molecule has 0 radical (unpaired) electrons. The maximum Gasteiger partial charge on any atom is 0.169 e. The molecule has 0 aliphatic carbocycles. The van der Waals surface area contributed by atoms with Crippen molar-refractivity contribution >= 4 is 34.0 Å². The van der Waals surface area contributed by atoms with Gasteiger partial charge in [0.15, 0.2) is 11.5 Å². The van der Waals surface area contributed by atoms with E-state index in [4.69, 9.17) is 21.1 Å². The zero-order valence-corrected chi connectivity index (χ0v) is 13.5. The van der Waals surface area contributed by atoms with Crippen LogP contribution in [0.2, 0.25) is 5.02 Å². The van der Waals surface area contributed by atoms with E-state index in [9.17, 15) is 4.39 Å². The molecule has 1 heterocycles. The van der Waals surface area contributed by atoms with Crippen molar-refractivity contribution in [2.75, 3.05) is 12.4 Å². The summed E-state index contributed by atoms with van der Waals surface area (Å²) >= 11 is 5.81. The summed E-state index contributed by atoms with van der Waals surface area (Å²) in [5.41, 5.74) is 1.26. The van der Waals surface area contributed by atoms with Crippen LogP contribution in [-0.4, -0.2) is 17.1 Å². The van der Waals surface area contributed by atoms with Gasteiger partial charge in [-0.2, -0.15) is 0 Å². The number of anilines is 2. The van der Waals surface area contributed by atoms with Crippen LogP contribution < -0.4 is 14.8 Å². The molecule has 0 amide bonds. The van der Waals surface area contributed by atoms with Crippen LogP contribution in [0.25, 0.3) is 10.9 Å². The van der Waals surface area contributed by atoms with Gasteiger partial charge in [-0.1, -0.05) is 18.2 Å². The molecule has 2 aromatic carbocycles. The maximum absolute atomic E-state index is 13.3. The molecule has 3 rings (SSSR count). The molecular formula is C17H13ClFN3O2. The van der Waals surface area contributed by atoms with Crippen LogP contribution in [-0.2, 0) is 0 Å². The van der Waals surface area contributed by atoms with Crippen molar-refractivity contribution in [3.8, 4) is 11.5 Å². The third-order valence-electron chi connectivity index (χ3n) is 3.31.